The van der Waals surface area contributed by atoms with Gasteiger partial charge in [-0.05, 0) is 38.8 Å². The summed E-state index contributed by atoms with van der Waals surface area (Å²) in [5.74, 6) is -0.919. The quantitative estimate of drug-likeness (QED) is 0.161. The van der Waals surface area contributed by atoms with Crippen LogP contribution in [0, 0.1) is 5.92 Å². The monoisotopic (exact) mass is 551 g/mol. The Labute approximate surface area is 219 Å². The highest BCUT2D eigenvalue weighted by Crippen LogP contribution is 2.26. The van der Waals surface area contributed by atoms with E-state index in [1.165, 1.54) is 33.3 Å². The fraction of sp³-hybridized carbons (Fsp3) is 0.640. The van der Waals surface area contributed by atoms with E-state index in [2.05, 4.69) is 5.32 Å². The van der Waals surface area contributed by atoms with Crippen LogP contribution < -0.4 is 10.1 Å². The Balaban J connectivity index is 0. The number of nitrogens with one attached hydrogen (secondary N) is 1. The van der Waals surface area contributed by atoms with E-state index in [9.17, 15) is 27.4 Å². The lowest BCUT2D eigenvalue weighted by atomic mass is 9.97. The zero-order chi connectivity index (χ0) is 26.4. The second-order valence-electron chi connectivity index (χ2n) is 8.36. The normalized spacial score (nSPS) is 12.4. The highest BCUT2D eigenvalue weighted by Gasteiger charge is 2.20. The topological polar surface area (TPSA) is 145 Å². The van der Waals surface area contributed by atoms with E-state index in [1.807, 2.05) is 0 Å². The number of anilines is 1. The fourth-order valence-corrected chi connectivity index (χ4v) is 4.00. The summed E-state index contributed by atoms with van der Waals surface area (Å²) < 4.78 is 47.6. The Hall–Kier alpha value is -2.57. The van der Waals surface area contributed by atoms with Gasteiger partial charge in [0, 0.05) is 19.6 Å². The molecule has 0 aromatic heterocycles. The first kappa shape index (κ1) is 36.6. The maximum Gasteiger partial charge on any atom is 0.334 e. The molecule has 1 amide bonds. The Kier molecular flexibility index (Phi) is 18.4. The highest BCUT2D eigenvalue weighted by molar-refractivity contribution is 7.86. The van der Waals surface area contributed by atoms with Gasteiger partial charge in [-0.25, -0.2) is 4.79 Å². The Morgan fingerprint density at radius 1 is 1.03 bits per heavy atom. The van der Waals surface area contributed by atoms with Crippen LogP contribution in [-0.2, 0) is 34.0 Å². The summed E-state index contributed by atoms with van der Waals surface area (Å²) in [7, 11) is -1.74. The Morgan fingerprint density at radius 3 is 2.16 bits per heavy atom. The number of unbranched alkanes of at least 4 members (excludes halogenated alkanes) is 5. The lowest BCUT2D eigenvalue weighted by Gasteiger charge is -2.16. The van der Waals surface area contributed by atoms with Crippen LogP contribution in [-0.4, -0.2) is 57.6 Å². The van der Waals surface area contributed by atoms with Crippen molar-refractivity contribution >= 4 is 33.5 Å². The average Bonchev–Trinajstić information content (AvgIpc) is 2.81. The third kappa shape index (κ3) is 14.1. The van der Waals surface area contributed by atoms with Gasteiger partial charge in [0.25, 0.3) is 10.1 Å². The summed E-state index contributed by atoms with van der Waals surface area (Å²) in [5, 5.41) is 2.52. The van der Waals surface area contributed by atoms with Gasteiger partial charge in [-0.1, -0.05) is 39.5 Å². The number of hydrogen-bond acceptors (Lipinski definition) is 8. The predicted octanol–water partition coefficient (Wildman–Crippen LogP) is 4.57. The van der Waals surface area contributed by atoms with E-state index in [4.69, 9.17) is 14.2 Å². The molecule has 2 unspecified atom stereocenters. The van der Waals surface area contributed by atoms with Crippen LogP contribution in [0.25, 0.3) is 0 Å². The second-order valence-corrected chi connectivity index (χ2v) is 9.75. The Morgan fingerprint density at radius 2 is 1.62 bits per heavy atom. The first-order valence-corrected chi connectivity index (χ1v) is 13.1. The number of halogens is 1. The molecule has 12 heteroatoms. The van der Waals surface area contributed by atoms with Gasteiger partial charge in [0.05, 0.1) is 18.7 Å². The lowest BCUT2D eigenvalue weighted by molar-refractivity contribution is -0.156. The summed E-state index contributed by atoms with van der Waals surface area (Å²) in [6, 6.07) is 4.00. The molecule has 2 atom stereocenters. The summed E-state index contributed by atoms with van der Waals surface area (Å²) in [6.07, 6.45) is 5.26. The van der Waals surface area contributed by atoms with E-state index in [0.29, 0.717) is 12.8 Å². The second kappa shape index (κ2) is 18.6. The van der Waals surface area contributed by atoms with Crippen molar-refractivity contribution < 1.29 is 46.3 Å². The van der Waals surface area contributed by atoms with Crippen LogP contribution >= 0.6 is 0 Å². The Bertz CT molecular complexity index is 953. The van der Waals surface area contributed by atoms with Gasteiger partial charge in [-0.15, -0.1) is 0 Å². The van der Waals surface area contributed by atoms with Crippen molar-refractivity contribution in [1.82, 2.24) is 0 Å². The molecule has 0 bridgehead atoms. The molecule has 1 aromatic rings. The molecule has 1 rings (SSSR count). The van der Waals surface area contributed by atoms with Crippen LogP contribution in [0.3, 0.4) is 0 Å². The van der Waals surface area contributed by atoms with Crippen molar-refractivity contribution in [2.45, 2.75) is 83.6 Å². The number of benzene rings is 1. The van der Waals surface area contributed by atoms with Crippen LogP contribution in [0.2, 0.25) is 0 Å². The van der Waals surface area contributed by atoms with Crippen LogP contribution in [0.15, 0.2) is 23.1 Å². The molecule has 2 N–H and O–H groups in total. The SMILES string of the molecule is C.COc1ccc(NC(=O)CCCCCCCCC(COC(=O)C(C)OC)C(C)=O)c(S(=O)(=O)O)c1.F. The average molecular weight is 552 g/mol. The number of amides is 1. The summed E-state index contributed by atoms with van der Waals surface area (Å²) in [4.78, 5) is 35.3. The van der Waals surface area contributed by atoms with Gasteiger partial charge in [-0.2, -0.15) is 8.42 Å². The van der Waals surface area contributed by atoms with Gasteiger partial charge in [0.2, 0.25) is 5.91 Å². The van der Waals surface area contributed by atoms with E-state index in [1.54, 1.807) is 6.92 Å². The van der Waals surface area contributed by atoms with Gasteiger partial charge < -0.3 is 19.5 Å². The van der Waals surface area contributed by atoms with Crippen molar-refractivity contribution in [3.8, 4) is 5.75 Å². The largest absolute Gasteiger partial charge is 0.497 e. The lowest BCUT2D eigenvalue weighted by Crippen LogP contribution is -2.26. The number of ketones is 1. The molecule has 0 aliphatic rings. The minimum atomic E-state index is -4.52. The number of rotatable bonds is 17. The maximum absolute atomic E-state index is 12.2. The number of hydrogen-bond donors (Lipinski definition) is 2. The van der Waals surface area contributed by atoms with Crippen molar-refractivity contribution in [3.63, 3.8) is 0 Å². The molecule has 0 saturated carbocycles. The summed E-state index contributed by atoms with van der Waals surface area (Å²) in [5.41, 5.74) is 0.000632. The number of ether oxygens (including phenoxy) is 3. The number of Topliss-reactive ketones (excluding diaryl/α,β-unsaturated/α-hetero) is 1. The van der Waals surface area contributed by atoms with Crippen molar-refractivity contribution in [2.75, 3.05) is 26.1 Å². The highest BCUT2D eigenvalue weighted by atomic mass is 32.2. The molecule has 37 heavy (non-hydrogen) atoms. The predicted molar refractivity (Wildman–Crippen MR) is 139 cm³/mol. The van der Waals surface area contributed by atoms with E-state index >= 15 is 0 Å². The standard InChI is InChI=1S/C24H37NO9S.CH4.FH/c1-17(26)19(16-34-24(28)18(2)32-3)11-9-7-5-6-8-10-12-23(27)25-21-14-13-20(33-4)15-22(21)35(29,30)31;;/h13-15,18-19H,5-12,16H2,1-4H3,(H,25,27)(H,29,30,31);1H4;1H. The molecular formula is C25H42FNO9S. The number of methoxy groups -OCH3 is 2. The van der Waals surface area contributed by atoms with Crippen LogP contribution in [0.5, 0.6) is 5.75 Å². The van der Waals surface area contributed by atoms with Crippen molar-refractivity contribution in [3.05, 3.63) is 18.2 Å². The molecule has 10 nitrogen and oxygen atoms in total. The van der Waals surface area contributed by atoms with Crippen molar-refractivity contribution in [1.29, 1.82) is 0 Å². The molecular weight excluding hydrogens is 509 g/mol. The van der Waals surface area contributed by atoms with E-state index < -0.39 is 27.1 Å². The fourth-order valence-electron chi connectivity index (χ4n) is 3.34. The first-order valence-electron chi connectivity index (χ1n) is 11.6. The minimum absolute atomic E-state index is 0. The molecule has 0 spiro atoms. The smallest absolute Gasteiger partial charge is 0.334 e. The molecule has 0 radical (unpaired) electrons. The van der Waals surface area contributed by atoms with Gasteiger partial charge in [-0.3, -0.25) is 18.8 Å². The van der Waals surface area contributed by atoms with E-state index in [0.717, 1.165) is 38.2 Å². The van der Waals surface area contributed by atoms with E-state index in [-0.39, 0.29) is 54.2 Å². The molecule has 0 saturated heterocycles. The number of carbonyl (C=O) groups excluding carboxylic acids is 3. The molecule has 0 heterocycles. The van der Waals surface area contributed by atoms with Gasteiger partial charge >= 0.3 is 5.97 Å². The van der Waals surface area contributed by atoms with Crippen molar-refractivity contribution in [2.24, 2.45) is 5.92 Å². The molecule has 214 valence electrons. The van der Waals surface area contributed by atoms with Crippen LogP contribution in [0.4, 0.5) is 10.4 Å². The molecule has 0 aliphatic heterocycles. The van der Waals surface area contributed by atoms with Crippen LogP contribution in [0.1, 0.15) is 72.6 Å². The summed E-state index contributed by atoms with van der Waals surface area (Å²) >= 11 is 0. The molecule has 0 fully saturated rings. The number of carbonyl (C=O) groups is 3. The van der Waals surface area contributed by atoms with Gasteiger partial charge in [0.15, 0.2) is 6.10 Å². The minimum Gasteiger partial charge on any atom is -0.497 e. The zero-order valence-corrected chi connectivity index (χ0v) is 22.1. The maximum atomic E-state index is 12.2. The number of esters is 1. The molecule has 1 aromatic carbocycles. The first-order chi connectivity index (χ1) is 16.5. The van der Waals surface area contributed by atoms with Gasteiger partial charge in [0.1, 0.15) is 23.0 Å². The third-order valence-electron chi connectivity index (χ3n) is 5.63. The molecule has 0 aliphatic carbocycles. The summed E-state index contributed by atoms with van der Waals surface area (Å²) in [6.45, 7) is 3.14. The zero-order valence-electron chi connectivity index (χ0n) is 21.3. The third-order valence-corrected chi connectivity index (χ3v) is 6.53.